The van der Waals surface area contributed by atoms with Gasteiger partial charge in [-0.05, 0) is 31.8 Å². The first-order valence-electron chi connectivity index (χ1n) is 8.54. The molecule has 1 saturated carbocycles. The number of nitrogens with zero attached hydrogens (tertiary/aromatic N) is 2. The van der Waals surface area contributed by atoms with Crippen LogP contribution < -0.4 is 10.6 Å². The van der Waals surface area contributed by atoms with Gasteiger partial charge in [0.1, 0.15) is 12.6 Å². The lowest BCUT2D eigenvalue weighted by Gasteiger charge is -2.13. The maximum Gasteiger partial charge on any atom is 0.161 e. The van der Waals surface area contributed by atoms with Crippen molar-refractivity contribution in [2.24, 2.45) is 5.92 Å². The van der Waals surface area contributed by atoms with Gasteiger partial charge in [-0.3, -0.25) is 5.41 Å². The van der Waals surface area contributed by atoms with E-state index in [1.165, 1.54) is 12.8 Å². The third kappa shape index (κ3) is 5.12. The van der Waals surface area contributed by atoms with Gasteiger partial charge in [-0.15, -0.1) is 0 Å². The number of hydrogen-bond donors (Lipinski definition) is 3. The molecule has 0 unspecified atom stereocenters. The van der Waals surface area contributed by atoms with E-state index in [4.69, 9.17) is 10.1 Å². The van der Waals surface area contributed by atoms with Gasteiger partial charge in [0.2, 0.25) is 0 Å². The van der Waals surface area contributed by atoms with Crippen LogP contribution in [0.15, 0.2) is 48.7 Å². The molecule has 0 amide bonds. The molecule has 0 saturated heterocycles. The van der Waals surface area contributed by atoms with E-state index in [-0.39, 0.29) is 0 Å². The maximum absolute atomic E-state index is 8.11. The number of allylic oxidation sites excluding steroid dienone is 1. The minimum Gasteiger partial charge on any atom is -0.362 e. The molecule has 3 rings (SSSR count). The van der Waals surface area contributed by atoms with E-state index in [0.29, 0.717) is 42.4 Å². The average molecular weight is 337 g/mol. The molecule has 25 heavy (non-hydrogen) atoms. The summed E-state index contributed by atoms with van der Waals surface area (Å²) >= 11 is 0. The molecule has 0 aliphatic heterocycles. The first-order chi connectivity index (χ1) is 12.3. The molecule has 1 fully saturated rings. The van der Waals surface area contributed by atoms with Crippen LogP contribution in [0.5, 0.6) is 0 Å². The SMILES string of the molecule is CCOCNc1cnc(-c2ccccc2)nc1NC(=N)/C=C/C1CC1. The predicted molar refractivity (Wildman–Crippen MR) is 101 cm³/mol. The van der Waals surface area contributed by atoms with Gasteiger partial charge in [0.15, 0.2) is 11.6 Å². The molecule has 1 aromatic heterocycles. The number of benzene rings is 1. The number of anilines is 2. The Morgan fingerprint density at radius 1 is 1.32 bits per heavy atom. The Balaban J connectivity index is 1.80. The largest absolute Gasteiger partial charge is 0.362 e. The molecule has 1 aliphatic rings. The molecule has 0 radical (unpaired) electrons. The van der Waals surface area contributed by atoms with Gasteiger partial charge in [0.05, 0.1) is 11.9 Å². The van der Waals surface area contributed by atoms with Crippen molar-refractivity contribution in [1.82, 2.24) is 9.97 Å². The summed E-state index contributed by atoms with van der Waals surface area (Å²) in [5.41, 5.74) is 1.64. The van der Waals surface area contributed by atoms with E-state index in [0.717, 1.165) is 5.56 Å². The fraction of sp³-hybridized carbons (Fsp3) is 0.316. The zero-order valence-corrected chi connectivity index (χ0v) is 14.3. The summed E-state index contributed by atoms with van der Waals surface area (Å²) in [5.74, 6) is 2.12. The molecule has 2 aromatic rings. The molecule has 0 atom stereocenters. The molecule has 6 nitrogen and oxygen atoms in total. The number of amidine groups is 1. The van der Waals surface area contributed by atoms with Crippen LogP contribution in [-0.2, 0) is 4.74 Å². The summed E-state index contributed by atoms with van der Waals surface area (Å²) in [6.45, 7) is 2.93. The molecule has 3 N–H and O–H groups in total. The predicted octanol–water partition coefficient (Wildman–Crippen LogP) is 3.90. The van der Waals surface area contributed by atoms with E-state index >= 15 is 0 Å². The number of aromatic nitrogens is 2. The quantitative estimate of drug-likeness (QED) is 0.294. The van der Waals surface area contributed by atoms with Gasteiger partial charge in [-0.2, -0.15) is 0 Å². The van der Waals surface area contributed by atoms with Gasteiger partial charge in [-0.25, -0.2) is 9.97 Å². The second-order valence-electron chi connectivity index (χ2n) is 5.87. The normalized spacial score (nSPS) is 13.8. The first kappa shape index (κ1) is 17.1. The molecule has 1 heterocycles. The monoisotopic (exact) mass is 337 g/mol. The zero-order chi connectivity index (χ0) is 17.5. The molecule has 0 bridgehead atoms. The molecule has 1 aliphatic carbocycles. The minimum atomic E-state index is 0.309. The van der Waals surface area contributed by atoms with Gasteiger partial charge < -0.3 is 15.4 Å². The van der Waals surface area contributed by atoms with Gasteiger partial charge in [0, 0.05) is 12.2 Å². The number of nitrogens with one attached hydrogen (secondary N) is 3. The summed E-state index contributed by atoms with van der Waals surface area (Å²) < 4.78 is 5.34. The summed E-state index contributed by atoms with van der Waals surface area (Å²) in [5, 5.41) is 14.3. The average Bonchev–Trinajstić information content (AvgIpc) is 3.46. The van der Waals surface area contributed by atoms with Crippen LogP contribution in [0.1, 0.15) is 19.8 Å². The third-order valence-electron chi connectivity index (χ3n) is 3.80. The van der Waals surface area contributed by atoms with Crippen LogP contribution in [0, 0.1) is 11.3 Å². The van der Waals surface area contributed by atoms with E-state index in [2.05, 4.69) is 26.7 Å². The lowest BCUT2D eigenvalue weighted by Crippen LogP contribution is -2.14. The van der Waals surface area contributed by atoms with Gasteiger partial charge in [-0.1, -0.05) is 36.4 Å². The lowest BCUT2D eigenvalue weighted by atomic mass is 10.2. The van der Waals surface area contributed by atoms with Crippen LogP contribution in [-0.4, -0.2) is 29.1 Å². The van der Waals surface area contributed by atoms with Crippen LogP contribution in [0.3, 0.4) is 0 Å². The molecule has 1 aromatic carbocycles. The minimum absolute atomic E-state index is 0.309. The fourth-order valence-corrected chi connectivity index (χ4v) is 2.25. The highest BCUT2D eigenvalue weighted by molar-refractivity contribution is 6.02. The van der Waals surface area contributed by atoms with Gasteiger partial charge in [0.25, 0.3) is 0 Å². The van der Waals surface area contributed by atoms with Crippen molar-refractivity contribution in [3.05, 3.63) is 48.7 Å². The van der Waals surface area contributed by atoms with Crippen LogP contribution >= 0.6 is 0 Å². The summed E-state index contributed by atoms with van der Waals surface area (Å²) in [6.07, 6.45) is 8.03. The molecule has 6 heteroatoms. The van der Waals surface area contributed by atoms with Crippen LogP contribution in [0.2, 0.25) is 0 Å². The molecular weight excluding hydrogens is 314 g/mol. The van der Waals surface area contributed by atoms with Crippen molar-refractivity contribution < 1.29 is 4.74 Å². The number of rotatable bonds is 8. The highest BCUT2D eigenvalue weighted by Gasteiger charge is 2.17. The van der Waals surface area contributed by atoms with Crippen molar-refractivity contribution in [1.29, 1.82) is 5.41 Å². The second-order valence-corrected chi connectivity index (χ2v) is 5.87. The van der Waals surface area contributed by atoms with E-state index in [1.807, 2.05) is 37.3 Å². The Hall–Kier alpha value is -2.73. The summed E-state index contributed by atoms with van der Waals surface area (Å²) in [6, 6.07) is 9.79. The number of ether oxygens (including phenoxy) is 1. The smallest absolute Gasteiger partial charge is 0.161 e. The van der Waals surface area contributed by atoms with Gasteiger partial charge >= 0.3 is 0 Å². The fourth-order valence-electron chi connectivity index (χ4n) is 2.25. The Morgan fingerprint density at radius 3 is 2.84 bits per heavy atom. The highest BCUT2D eigenvalue weighted by atomic mass is 16.5. The lowest BCUT2D eigenvalue weighted by molar-refractivity contribution is 0.167. The first-order valence-corrected chi connectivity index (χ1v) is 8.54. The Bertz CT molecular complexity index is 741. The Morgan fingerprint density at radius 2 is 2.12 bits per heavy atom. The van der Waals surface area contributed by atoms with E-state index in [1.54, 1.807) is 12.3 Å². The molecular formula is C19H23N5O. The van der Waals surface area contributed by atoms with Crippen LogP contribution in [0.4, 0.5) is 11.5 Å². The van der Waals surface area contributed by atoms with Crippen molar-refractivity contribution in [2.45, 2.75) is 19.8 Å². The second kappa shape index (κ2) is 8.39. The maximum atomic E-state index is 8.11. The van der Waals surface area contributed by atoms with Crippen molar-refractivity contribution in [3.8, 4) is 11.4 Å². The molecule has 0 spiro atoms. The zero-order valence-electron chi connectivity index (χ0n) is 14.3. The van der Waals surface area contributed by atoms with Crippen LogP contribution in [0.25, 0.3) is 11.4 Å². The number of hydrogen-bond acceptors (Lipinski definition) is 5. The standard InChI is InChI=1S/C19H23N5O/c1-2-25-13-22-16-12-21-18(15-6-4-3-5-7-15)24-19(16)23-17(20)11-10-14-8-9-14/h3-7,10-12,14,22H,2,8-9,13H2,1H3,(H2,20,21,23,24)/b11-10+. The summed E-state index contributed by atoms with van der Waals surface area (Å²) in [4.78, 5) is 9.01. The Kier molecular flexibility index (Phi) is 5.74. The topological polar surface area (TPSA) is 82.9 Å². The van der Waals surface area contributed by atoms with Crippen molar-refractivity contribution in [2.75, 3.05) is 24.0 Å². The van der Waals surface area contributed by atoms with E-state index in [9.17, 15) is 0 Å². The van der Waals surface area contributed by atoms with Crippen molar-refractivity contribution >= 4 is 17.3 Å². The summed E-state index contributed by atoms with van der Waals surface area (Å²) in [7, 11) is 0. The highest BCUT2D eigenvalue weighted by Crippen LogP contribution is 2.30. The van der Waals surface area contributed by atoms with Crippen molar-refractivity contribution in [3.63, 3.8) is 0 Å². The van der Waals surface area contributed by atoms with E-state index < -0.39 is 0 Å². The third-order valence-corrected chi connectivity index (χ3v) is 3.80. The Labute approximate surface area is 147 Å². The molecule has 130 valence electrons.